The summed E-state index contributed by atoms with van der Waals surface area (Å²) >= 11 is 0. The van der Waals surface area contributed by atoms with Crippen molar-refractivity contribution in [2.24, 2.45) is 0 Å². The van der Waals surface area contributed by atoms with Crippen LogP contribution in [0, 0.1) is 13.8 Å². The highest BCUT2D eigenvalue weighted by molar-refractivity contribution is 6.02. The molecule has 0 atom stereocenters. The summed E-state index contributed by atoms with van der Waals surface area (Å²) in [5.41, 5.74) is 2.62. The smallest absolute Gasteiger partial charge is 0.387 e. The van der Waals surface area contributed by atoms with Crippen LogP contribution in [0.3, 0.4) is 0 Å². The predicted molar refractivity (Wildman–Crippen MR) is 111 cm³/mol. The number of halogens is 2. The first-order valence-electron chi connectivity index (χ1n) is 9.62. The van der Waals surface area contributed by atoms with E-state index in [1.54, 1.807) is 19.2 Å². The number of carbonyl (C=O) groups excluding carboxylic acids is 1. The van der Waals surface area contributed by atoms with E-state index in [0.717, 1.165) is 16.9 Å². The van der Waals surface area contributed by atoms with Gasteiger partial charge < -0.3 is 19.5 Å². The van der Waals surface area contributed by atoms with Crippen molar-refractivity contribution in [2.45, 2.75) is 34.1 Å². The van der Waals surface area contributed by atoms with Crippen molar-refractivity contribution < 1.29 is 27.8 Å². The summed E-state index contributed by atoms with van der Waals surface area (Å²) in [6, 6.07) is 11.6. The first-order chi connectivity index (χ1) is 14.9. The van der Waals surface area contributed by atoms with Crippen molar-refractivity contribution >= 4 is 11.6 Å². The molecule has 0 aliphatic heterocycles. The molecular weight excluding hydrogens is 408 g/mol. The van der Waals surface area contributed by atoms with Gasteiger partial charge >= 0.3 is 6.61 Å². The van der Waals surface area contributed by atoms with Gasteiger partial charge in [0.1, 0.15) is 5.75 Å². The molecule has 0 saturated carbocycles. The van der Waals surface area contributed by atoms with Gasteiger partial charge in [0.15, 0.2) is 23.9 Å². The van der Waals surface area contributed by atoms with E-state index >= 15 is 0 Å². The fraction of sp³-hybridized carbons (Fsp3) is 0.273. The average Bonchev–Trinajstić information content (AvgIpc) is 3.20. The first-order valence-corrected chi connectivity index (χ1v) is 9.62. The molecule has 3 rings (SSSR count). The van der Waals surface area contributed by atoms with Crippen molar-refractivity contribution in [3.63, 3.8) is 0 Å². The highest BCUT2D eigenvalue weighted by Gasteiger charge is 2.15. The van der Waals surface area contributed by atoms with E-state index in [1.807, 2.05) is 32.0 Å². The third-order valence-electron chi connectivity index (χ3n) is 4.29. The predicted octanol–water partition coefficient (Wildman–Crippen LogP) is 4.79. The monoisotopic (exact) mass is 431 g/mol. The number of hydrogen-bond acceptors (Lipinski definition) is 5. The van der Waals surface area contributed by atoms with Crippen LogP contribution in [0.2, 0.25) is 0 Å². The molecule has 9 heteroatoms. The van der Waals surface area contributed by atoms with Crippen LogP contribution in [-0.2, 0) is 6.73 Å². The molecule has 0 bridgehead atoms. The largest absolute Gasteiger partial charge is 0.490 e. The zero-order valence-corrected chi connectivity index (χ0v) is 17.4. The minimum atomic E-state index is -2.98. The summed E-state index contributed by atoms with van der Waals surface area (Å²) in [6.07, 6.45) is 1.63. The van der Waals surface area contributed by atoms with Crippen LogP contribution in [-0.4, -0.2) is 28.9 Å². The Labute approximate surface area is 178 Å². The van der Waals surface area contributed by atoms with E-state index in [0.29, 0.717) is 5.69 Å². The Balaban J connectivity index is 1.65. The van der Waals surface area contributed by atoms with Crippen molar-refractivity contribution in [1.82, 2.24) is 9.78 Å². The third-order valence-corrected chi connectivity index (χ3v) is 4.29. The van der Waals surface area contributed by atoms with Crippen LogP contribution < -0.4 is 19.5 Å². The number of ether oxygens (including phenoxy) is 3. The molecule has 0 aliphatic carbocycles. The van der Waals surface area contributed by atoms with Crippen molar-refractivity contribution in [3.8, 4) is 17.2 Å². The molecule has 0 saturated heterocycles. The molecule has 0 fully saturated rings. The van der Waals surface area contributed by atoms with E-state index < -0.39 is 12.5 Å². The van der Waals surface area contributed by atoms with Gasteiger partial charge in [-0.05, 0) is 56.2 Å². The number of carbonyl (C=O) groups is 1. The molecule has 2 aromatic carbocycles. The molecular formula is C22H23F2N3O4. The molecule has 0 radical (unpaired) electrons. The number of nitrogens with zero attached hydrogens (tertiary/aromatic N) is 2. The Morgan fingerprint density at radius 1 is 1.06 bits per heavy atom. The number of hydrogen-bond donors (Lipinski definition) is 1. The molecule has 164 valence electrons. The molecule has 1 aromatic heterocycles. The summed E-state index contributed by atoms with van der Waals surface area (Å²) in [5.74, 6) is 0.280. The highest BCUT2D eigenvalue weighted by Crippen LogP contribution is 2.32. The zero-order chi connectivity index (χ0) is 22.4. The SMILES string of the molecule is CCOc1cc(NC(=O)c2ccn(COc3cc(C)ccc3C)n2)ccc1OC(F)F. The van der Waals surface area contributed by atoms with Crippen LogP contribution in [0.25, 0.3) is 0 Å². The van der Waals surface area contributed by atoms with Gasteiger partial charge in [-0.2, -0.15) is 13.9 Å². The quantitative estimate of drug-likeness (QED) is 0.527. The Bertz CT molecular complexity index is 1050. The van der Waals surface area contributed by atoms with Gasteiger partial charge in [-0.25, -0.2) is 4.68 Å². The Morgan fingerprint density at radius 3 is 2.61 bits per heavy atom. The second-order valence-corrected chi connectivity index (χ2v) is 6.71. The van der Waals surface area contributed by atoms with E-state index in [2.05, 4.69) is 15.2 Å². The molecule has 1 amide bonds. The summed E-state index contributed by atoms with van der Waals surface area (Å²) in [6.45, 7) is 3.06. The summed E-state index contributed by atoms with van der Waals surface area (Å²) in [5, 5.41) is 6.88. The maximum absolute atomic E-state index is 12.5. The third kappa shape index (κ3) is 5.94. The highest BCUT2D eigenvalue weighted by atomic mass is 19.3. The van der Waals surface area contributed by atoms with Gasteiger partial charge in [0, 0.05) is 18.0 Å². The van der Waals surface area contributed by atoms with Gasteiger partial charge in [-0.1, -0.05) is 12.1 Å². The molecule has 1 heterocycles. The van der Waals surface area contributed by atoms with Crippen LogP contribution in [0.4, 0.5) is 14.5 Å². The lowest BCUT2D eigenvalue weighted by Crippen LogP contribution is -2.14. The van der Waals surface area contributed by atoms with Crippen LogP contribution in [0.15, 0.2) is 48.7 Å². The maximum Gasteiger partial charge on any atom is 0.387 e. The fourth-order valence-corrected chi connectivity index (χ4v) is 2.80. The number of aromatic nitrogens is 2. The van der Waals surface area contributed by atoms with Gasteiger partial charge in [-0.3, -0.25) is 4.79 Å². The minimum Gasteiger partial charge on any atom is -0.490 e. The molecule has 0 unspecified atom stereocenters. The number of benzene rings is 2. The first kappa shape index (κ1) is 22.1. The lowest BCUT2D eigenvalue weighted by atomic mass is 10.1. The normalized spacial score (nSPS) is 10.8. The number of aryl methyl sites for hydroxylation is 2. The lowest BCUT2D eigenvalue weighted by Gasteiger charge is -2.13. The number of amides is 1. The van der Waals surface area contributed by atoms with Crippen molar-refractivity contribution in [1.29, 1.82) is 0 Å². The molecule has 7 nitrogen and oxygen atoms in total. The van der Waals surface area contributed by atoms with E-state index in [1.165, 1.54) is 22.9 Å². The van der Waals surface area contributed by atoms with Gasteiger partial charge in [0.25, 0.3) is 5.91 Å². The lowest BCUT2D eigenvalue weighted by molar-refractivity contribution is -0.0514. The second-order valence-electron chi connectivity index (χ2n) is 6.71. The summed E-state index contributed by atoms with van der Waals surface area (Å²) < 4.78 is 42.1. The van der Waals surface area contributed by atoms with Gasteiger partial charge in [0.2, 0.25) is 0 Å². The maximum atomic E-state index is 12.5. The van der Waals surface area contributed by atoms with Crippen LogP contribution in [0.5, 0.6) is 17.2 Å². The average molecular weight is 431 g/mol. The van der Waals surface area contributed by atoms with E-state index in [9.17, 15) is 13.6 Å². The van der Waals surface area contributed by atoms with Gasteiger partial charge in [0.05, 0.1) is 6.61 Å². The Hall–Kier alpha value is -3.62. The van der Waals surface area contributed by atoms with Crippen molar-refractivity contribution in [3.05, 3.63) is 65.5 Å². The molecule has 1 N–H and O–H groups in total. The molecule has 0 aliphatic rings. The van der Waals surface area contributed by atoms with Crippen molar-refractivity contribution in [2.75, 3.05) is 11.9 Å². The second kappa shape index (κ2) is 9.92. The summed E-state index contributed by atoms with van der Waals surface area (Å²) in [7, 11) is 0. The fourth-order valence-electron chi connectivity index (χ4n) is 2.80. The minimum absolute atomic E-state index is 0.105. The van der Waals surface area contributed by atoms with Crippen LogP contribution >= 0.6 is 0 Å². The van der Waals surface area contributed by atoms with E-state index in [-0.39, 0.29) is 30.5 Å². The van der Waals surface area contributed by atoms with E-state index in [4.69, 9.17) is 9.47 Å². The number of rotatable bonds is 9. The molecule has 3 aromatic rings. The molecule has 31 heavy (non-hydrogen) atoms. The Morgan fingerprint density at radius 2 is 1.87 bits per heavy atom. The Kier molecular flexibility index (Phi) is 7.07. The topological polar surface area (TPSA) is 74.6 Å². The standard InChI is InChI=1S/C22H23F2N3O4/c1-4-29-20-12-16(7-8-18(20)31-22(23)24)25-21(28)17-9-10-27(26-17)13-30-19-11-14(2)5-6-15(19)3/h5-12,22H,4,13H2,1-3H3,(H,25,28). The summed E-state index contributed by atoms with van der Waals surface area (Å²) in [4.78, 5) is 12.5. The van der Waals surface area contributed by atoms with Gasteiger partial charge in [-0.15, -0.1) is 0 Å². The number of anilines is 1. The zero-order valence-electron chi connectivity index (χ0n) is 17.4. The molecule has 0 spiro atoms. The number of alkyl halides is 2. The van der Waals surface area contributed by atoms with Crippen LogP contribution in [0.1, 0.15) is 28.5 Å². The number of nitrogens with one attached hydrogen (secondary N) is 1.